The van der Waals surface area contributed by atoms with Crippen molar-refractivity contribution in [3.63, 3.8) is 0 Å². The van der Waals surface area contributed by atoms with E-state index >= 15 is 4.39 Å². The lowest BCUT2D eigenvalue weighted by Gasteiger charge is -2.47. The standard InChI is InChI=1S/C24H20FN3O/c25-19-11-5-3-9-16(19)21-15-8-2-1-7-14(15)17(13-26)22(27)24(21)18-10-4-6-12-20(18)28-23(24)29/h3-7,9-12,15,21H,1-2,8,27H2,(H,28,29)/t15-,21-,24-/m1/s1. The molecule has 1 heterocycles. The first kappa shape index (κ1) is 17.7. The van der Waals surface area contributed by atoms with Gasteiger partial charge in [0.1, 0.15) is 17.3 Å². The van der Waals surface area contributed by atoms with Crippen molar-refractivity contribution in [2.75, 3.05) is 5.32 Å². The number of anilines is 1. The first-order valence-electron chi connectivity index (χ1n) is 9.86. The van der Waals surface area contributed by atoms with Crippen molar-refractivity contribution in [1.82, 2.24) is 0 Å². The van der Waals surface area contributed by atoms with E-state index in [0.29, 0.717) is 22.4 Å². The zero-order valence-electron chi connectivity index (χ0n) is 15.8. The van der Waals surface area contributed by atoms with Gasteiger partial charge in [0.25, 0.3) is 0 Å². The van der Waals surface area contributed by atoms with Gasteiger partial charge >= 0.3 is 0 Å². The van der Waals surface area contributed by atoms with E-state index in [1.807, 2.05) is 30.3 Å². The minimum Gasteiger partial charge on any atom is -0.400 e. The highest BCUT2D eigenvalue weighted by Gasteiger charge is 2.61. The van der Waals surface area contributed by atoms with Gasteiger partial charge in [-0.1, -0.05) is 42.5 Å². The number of carbonyl (C=O) groups is 1. The van der Waals surface area contributed by atoms with Crippen LogP contribution in [0.2, 0.25) is 0 Å². The Morgan fingerprint density at radius 2 is 1.93 bits per heavy atom. The van der Waals surface area contributed by atoms with Crippen LogP contribution in [0, 0.1) is 23.1 Å². The normalized spacial score (nSPS) is 27.7. The summed E-state index contributed by atoms with van der Waals surface area (Å²) in [5, 5.41) is 12.9. The maximum Gasteiger partial charge on any atom is 0.241 e. The molecule has 2 aromatic carbocycles. The number of amides is 1. The molecule has 0 saturated heterocycles. The highest BCUT2D eigenvalue weighted by atomic mass is 19.1. The summed E-state index contributed by atoms with van der Waals surface area (Å²) in [5.74, 6) is -1.32. The molecule has 0 unspecified atom stereocenters. The van der Waals surface area contributed by atoms with Crippen molar-refractivity contribution in [2.24, 2.45) is 11.7 Å². The summed E-state index contributed by atoms with van der Waals surface area (Å²) in [5.41, 5.74) is 8.65. The average Bonchev–Trinajstić information content (AvgIpc) is 3.03. The van der Waals surface area contributed by atoms with Crippen molar-refractivity contribution in [3.05, 3.63) is 88.4 Å². The Bertz CT molecular complexity index is 1140. The molecule has 0 radical (unpaired) electrons. The number of benzene rings is 2. The van der Waals surface area contributed by atoms with Crippen LogP contribution < -0.4 is 11.1 Å². The molecular formula is C24H20FN3O. The van der Waals surface area contributed by atoms with Gasteiger partial charge in [0.05, 0.1) is 5.57 Å². The zero-order valence-corrected chi connectivity index (χ0v) is 15.8. The number of hydrogen-bond donors (Lipinski definition) is 2. The van der Waals surface area contributed by atoms with Crippen LogP contribution in [0.3, 0.4) is 0 Å². The molecule has 3 N–H and O–H groups in total. The van der Waals surface area contributed by atoms with E-state index in [2.05, 4.69) is 11.4 Å². The van der Waals surface area contributed by atoms with E-state index in [-0.39, 0.29) is 23.3 Å². The third kappa shape index (κ3) is 2.20. The molecular weight excluding hydrogens is 365 g/mol. The fourth-order valence-corrected chi connectivity index (χ4v) is 5.52. The van der Waals surface area contributed by atoms with Crippen LogP contribution in [-0.2, 0) is 10.2 Å². The number of hydrogen-bond acceptors (Lipinski definition) is 3. The highest BCUT2D eigenvalue weighted by Crippen LogP contribution is 2.60. The van der Waals surface area contributed by atoms with Gasteiger partial charge < -0.3 is 11.1 Å². The van der Waals surface area contributed by atoms with E-state index in [9.17, 15) is 10.1 Å². The lowest BCUT2D eigenvalue weighted by molar-refractivity contribution is -0.121. The van der Waals surface area contributed by atoms with Crippen molar-refractivity contribution in [2.45, 2.75) is 30.6 Å². The summed E-state index contributed by atoms with van der Waals surface area (Å²) in [4.78, 5) is 13.6. The van der Waals surface area contributed by atoms with Crippen LogP contribution in [-0.4, -0.2) is 5.91 Å². The average molecular weight is 385 g/mol. The maximum atomic E-state index is 15.1. The molecule has 1 amide bonds. The van der Waals surface area contributed by atoms with Crippen LogP contribution in [0.25, 0.3) is 0 Å². The number of rotatable bonds is 1. The van der Waals surface area contributed by atoms with Crippen LogP contribution >= 0.6 is 0 Å². The van der Waals surface area contributed by atoms with Crippen molar-refractivity contribution in [3.8, 4) is 6.07 Å². The van der Waals surface area contributed by atoms with Gasteiger partial charge in [-0.05, 0) is 54.0 Å². The lowest BCUT2D eigenvalue weighted by Crippen LogP contribution is -2.51. The number of nitrogens with two attached hydrogens (primary N) is 1. The molecule has 144 valence electrons. The Hall–Kier alpha value is -3.39. The molecule has 2 aromatic rings. The number of halogens is 1. The SMILES string of the molecule is N#CC1=C(N)[C@]2(C(=O)Nc3ccccc32)[C@@H](c2ccccc2F)[C@@H]2CCCC=C12. The van der Waals surface area contributed by atoms with Gasteiger partial charge in [-0.2, -0.15) is 5.26 Å². The Labute approximate surface area is 168 Å². The first-order chi connectivity index (χ1) is 14.1. The number of allylic oxidation sites excluding steroid dienone is 3. The molecule has 2 aliphatic carbocycles. The third-order valence-corrected chi connectivity index (χ3v) is 6.65. The second kappa shape index (κ2) is 6.31. The van der Waals surface area contributed by atoms with E-state index in [1.54, 1.807) is 18.2 Å². The van der Waals surface area contributed by atoms with Gasteiger partial charge in [0.2, 0.25) is 5.91 Å². The maximum absolute atomic E-state index is 15.1. The number of nitrogens with zero attached hydrogens (tertiary/aromatic N) is 1. The van der Waals surface area contributed by atoms with E-state index in [1.165, 1.54) is 6.07 Å². The molecule has 3 aliphatic rings. The summed E-state index contributed by atoms with van der Waals surface area (Å²) in [7, 11) is 0. The second-order valence-electron chi connectivity index (χ2n) is 7.90. The summed E-state index contributed by atoms with van der Waals surface area (Å²) in [6.45, 7) is 0. The van der Waals surface area contributed by atoms with E-state index < -0.39 is 11.3 Å². The van der Waals surface area contributed by atoms with Crippen molar-refractivity contribution >= 4 is 11.6 Å². The summed E-state index contributed by atoms with van der Waals surface area (Å²) >= 11 is 0. The highest BCUT2D eigenvalue weighted by molar-refractivity contribution is 6.10. The number of nitriles is 1. The molecule has 0 bridgehead atoms. The molecule has 4 nitrogen and oxygen atoms in total. The smallest absolute Gasteiger partial charge is 0.241 e. The third-order valence-electron chi connectivity index (χ3n) is 6.65. The lowest BCUT2D eigenvalue weighted by atomic mass is 9.54. The Morgan fingerprint density at radius 1 is 1.17 bits per heavy atom. The molecule has 0 saturated carbocycles. The summed E-state index contributed by atoms with van der Waals surface area (Å²) < 4.78 is 15.1. The number of para-hydroxylation sites is 1. The Balaban J connectivity index is 1.92. The van der Waals surface area contributed by atoms with Crippen molar-refractivity contribution in [1.29, 1.82) is 5.26 Å². The molecule has 5 rings (SSSR count). The minimum atomic E-state index is -1.30. The topological polar surface area (TPSA) is 78.9 Å². The molecule has 1 aliphatic heterocycles. The van der Waals surface area contributed by atoms with Gasteiger partial charge in [0.15, 0.2) is 0 Å². The summed E-state index contributed by atoms with van der Waals surface area (Å²) in [6.07, 6.45) is 4.60. The zero-order chi connectivity index (χ0) is 20.2. The second-order valence-corrected chi connectivity index (χ2v) is 7.90. The summed E-state index contributed by atoms with van der Waals surface area (Å²) in [6, 6.07) is 16.2. The fourth-order valence-electron chi connectivity index (χ4n) is 5.52. The molecule has 0 aromatic heterocycles. The Morgan fingerprint density at radius 3 is 2.72 bits per heavy atom. The number of carbonyl (C=O) groups excluding carboxylic acids is 1. The van der Waals surface area contributed by atoms with E-state index in [0.717, 1.165) is 24.8 Å². The molecule has 0 fully saturated rings. The fraction of sp³-hybridized carbons (Fsp3) is 0.250. The largest absolute Gasteiger partial charge is 0.400 e. The van der Waals surface area contributed by atoms with Crippen LogP contribution in [0.5, 0.6) is 0 Å². The molecule has 1 spiro atoms. The van der Waals surface area contributed by atoms with Crippen LogP contribution in [0.4, 0.5) is 10.1 Å². The molecule has 5 heteroatoms. The number of fused-ring (bicyclic) bond motifs is 3. The van der Waals surface area contributed by atoms with Gasteiger partial charge in [0, 0.05) is 17.3 Å². The van der Waals surface area contributed by atoms with Gasteiger partial charge in [-0.25, -0.2) is 4.39 Å². The number of nitrogens with one attached hydrogen (secondary N) is 1. The van der Waals surface area contributed by atoms with Crippen molar-refractivity contribution < 1.29 is 9.18 Å². The van der Waals surface area contributed by atoms with Crippen LogP contribution in [0.1, 0.15) is 36.3 Å². The molecule has 29 heavy (non-hydrogen) atoms. The minimum absolute atomic E-state index is 0.153. The van der Waals surface area contributed by atoms with Gasteiger partial charge in [-0.15, -0.1) is 0 Å². The van der Waals surface area contributed by atoms with Gasteiger partial charge in [-0.3, -0.25) is 4.79 Å². The Kier molecular flexibility index (Phi) is 3.85. The predicted octanol–water partition coefficient (Wildman–Crippen LogP) is 4.28. The first-order valence-corrected chi connectivity index (χ1v) is 9.86. The van der Waals surface area contributed by atoms with Crippen LogP contribution in [0.15, 0.2) is 71.5 Å². The van der Waals surface area contributed by atoms with E-state index in [4.69, 9.17) is 5.73 Å². The molecule has 3 atom stereocenters. The quantitative estimate of drug-likeness (QED) is 0.769. The monoisotopic (exact) mass is 385 g/mol. The predicted molar refractivity (Wildman–Crippen MR) is 108 cm³/mol.